The Labute approximate surface area is 108 Å². The zero-order valence-corrected chi connectivity index (χ0v) is 11.2. The molecule has 1 heterocycles. The van der Waals surface area contributed by atoms with Crippen molar-refractivity contribution < 1.29 is 13.2 Å². The molecule has 0 bridgehead atoms. The molecule has 0 saturated carbocycles. The minimum atomic E-state index is -3.17. The molecule has 1 aliphatic rings. The van der Waals surface area contributed by atoms with Gasteiger partial charge in [0.15, 0.2) is 0 Å². The number of hydrogen-bond donors (Lipinski definition) is 1. The number of sulfonamides is 1. The summed E-state index contributed by atoms with van der Waals surface area (Å²) < 4.78 is 30.9. The predicted octanol–water partition coefficient (Wildman–Crippen LogP) is 0.430. The zero-order valence-electron chi connectivity index (χ0n) is 10.4. The number of hydrogen-bond acceptors (Lipinski definition) is 4. The smallest absolute Gasteiger partial charge is 0.215 e. The largest absolute Gasteiger partial charge is 0.496 e. The maximum Gasteiger partial charge on any atom is 0.215 e. The molecule has 0 amide bonds. The van der Waals surface area contributed by atoms with Crippen LogP contribution in [0.4, 0.5) is 0 Å². The first kappa shape index (κ1) is 13.3. The molecular formula is C12H18N2O3S. The summed E-state index contributed by atoms with van der Waals surface area (Å²) in [5.41, 5.74) is 0.894. The summed E-state index contributed by atoms with van der Waals surface area (Å²) in [5, 5.41) is 3.10. The third kappa shape index (κ3) is 3.01. The SMILES string of the molecule is COc1ccccc1CN1CCNCCS1(=O)=O. The molecule has 0 aliphatic carbocycles. The van der Waals surface area contributed by atoms with E-state index in [9.17, 15) is 8.42 Å². The van der Waals surface area contributed by atoms with E-state index in [1.807, 2.05) is 24.3 Å². The highest BCUT2D eigenvalue weighted by molar-refractivity contribution is 7.89. The van der Waals surface area contributed by atoms with Crippen molar-refractivity contribution in [1.29, 1.82) is 0 Å². The number of ether oxygens (including phenoxy) is 1. The van der Waals surface area contributed by atoms with Crippen LogP contribution in [0.5, 0.6) is 5.75 Å². The van der Waals surface area contributed by atoms with Crippen molar-refractivity contribution in [2.24, 2.45) is 0 Å². The lowest BCUT2D eigenvalue weighted by molar-refractivity contribution is 0.383. The molecule has 2 rings (SSSR count). The first-order valence-electron chi connectivity index (χ1n) is 5.94. The number of nitrogens with one attached hydrogen (secondary N) is 1. The Bertz CT molecular complexity index is 502. The minimum absolute atomic E-state index is 0.155. The molecule has 0 radical (unpaired) electrons. The van der Waals surface area contributed by atoms with E-state index in [0.29, 0.717) is 26.2 Å². The zero-order chi connectivity index (χ0) is 13.0. The minimum Gasteiger partial charge on any atom is -0.496 e. The molecule has 0 spiro atoms. The van der Waals surface area contributed by atoms with Crippen LogP contribution in [0.3, 0.4) is 0 Å². The Morgan fingerprint density at radius 3 is 2.89 bits per heavy atom. The van der Waals surface area contributed by atoms with Crippen LogP contribution in [-0.4, -0.2) is 45.2 Å². The second-order valence-corrected chi connectivity index (χ2v) is 6.30. The normalized spacial score (nSPS) is 20.3. The monoisotopic (exact) mass is 270 g/mol. The Hall–Kier alpha value is -1.11. The van der Waals surface area contributed by atoms with Crippen LogP contribution in [0, 0.1) is 0 Å². The van der Waals surface area contributed by atoms with Gasteiger partial charge in [-0.25, -0.2) is 8.42 Å². The fourth-order valence-electron chi connectivity index (χ4n) is 2.00. The average molecular weight is 270 g/mol. The van der Waals surface area contributed by atoms with Crippen molar-refractivity contribution in [2.75, 3.05) is 32.5 Å². The highest BCUT2D eigenvalue weighted by Crippen LogP contribution is 2.20. The van der Waals surface area contributed by atoms with E-state index in [2.05, 4.69) is 5.32 Å². The first-order chi connectivity index (χ1) is 8.63. The van der Waals surface area contributed by atoms with Crippen molar-refractivity contribution in [3.63, 3.8) is 0 Å². The van der Waals surface area contributed by atoms with Crippen molar-refractivity contribution in [2.45, 2.75) is 6.54 Å². The first-order valence-corrected chi connectivity index (χ1v) is 7.55. The highest BCUT2D eigenvalue weighted by Gasteiger charge is 2.24. The van der Waals surface area contributed by atoms with E-state index in [0.717, 1.165) is 11.3 Å². The van der Waals surface area contributed by atoms with Crippen LogP contribution in [0.1, 0.15) is 5.56 Å². The molecule has 1 aromatic rings. The lowest BCUT2D eigenvalue weighted by Crippen LogP contribution is -2.33. The van der Waals surface area contributed by atoms with Crippen molar-refractivity contribution in [3.05, 3.63) is 29.8 Å². The number of rotatable bonds is 3. The maximum atomic E-state index is 12.1. The van der Waals surface area contributed by atoms with Crippen LogP contribution in [0.25, 0.3) is 0 Å². The molecule has 1 N–H and O–H groups in total. The van der Waals surface area contributed by atoms with Crippen molar-refractivity contribution in [1.82, 2.24) is 9.62 Å². The Kier molecular flexibility index (Phi) is 4.21. The Morgan fingerprint density at radius 1 is 1.33 bits per heavy atom. The third-order valence-electron chi connectivity index (χ3n) is 3.01. The second-order valence-electron chi connectivity index (χ2n) is 4.21. The lowest BCUT2D eigenvalue weighted by Gasteiger charge is -2.20. The van der Waals surface area contributed by atoms with E-state index in [4.69, 9.17) is 4.74 Å². The summed E-state index contributed by atoms with van der Waals surface area (Å²) in [6, 6.07) is 7.51. The number of methoxy groups -OCH3 is 1. The second kappa shape index (κ2) is 5.69. The molecule has 0 aromatic heterocycles. The van der Waals surface area contributed by atoms with Crippen molar-refractivity contribution in [3.8, 4) is 5.75 Å². The molecule has 100 valence electrons. The van der Waals surface area contributed by atoms with E-state index in [-0.39, 0.29) is 5.75 Å². The van der Waals surface area contributed by atoms with E-state index in [1.54, 1.807) is 7.11 Å². The Morgan fingerprint density at radius 2 is 2.11 bits per heavy atom. The van der Waals surface area contributed by atoms with Gasteiger partial charge in [0.1, 0.15) is 5.75 Å². The Balaban J connectivity index is 2.21. The summed E-state index contributed by atoms with van der Waals surface area (Å²) >= 11 is 0. The van der Waals surface area contributed by atoms with Crippen LogP contribution in [0.2, 0.25) is 0 Å². The van der Waals surface area contributed by atoms with Gasteiger partial charge in [-0.15, -0.1) is 0 Å². The molecular weight excluding hydrogens is 252 g/mol. The summed E-state index contributed by atoms with van der Waals surface area (Å²) in [6.45, 7) is 2.08. The van der Waals surface area contributed by atoms with Gasteiger partial charge >= 0.3 is 0 Å². The average Bonchev–Trinajstić information content (AvgIpc) is 2.52. The summed E-state index contributed by atoms with van der Waals surface area (Å²) in [6.07, 6.45) is 0. The van der Waals surface area contributed by atoms with Crippen LogP contribution < -0.4 is 10.1 Å². The topological polar surface area (TPSA) is 58.6 Å². The number of benzene rings is 1. The van der Waals surface area contributed by atoms with E-state index < -0.39 is 10.0 Å². The van der Waals surface area contributed by atoms with Gasteiger partial charge in [0.2, 0.25) is 10.0 Å². The molecule has 1 saturated heterocycles. The van der Waals surface area contributed by atoms with Gasteiger partial charge in [0.25, 0.3) is 0 Å². The highest BCUT2D eigenvalue weighted by atomic mass is 32.2. The summed E-state index contributed by atoms with van der Waals surface area (Å²) in [5.74, 6) is 0.882. The van der Waals surface area contributed by atoms with Gasteiger partial charge in [-0.3, -0.25) is 0 Å². The molecule has 0 unspecified atom stereocenters. The molecule has 1 aliphatic heterocycles. The number of para-hydroxylation sites is 1. The lowest BCUT2D eigenvalue weighted by atomic mass is 10.2. The van der Waals surface area contributed by atoms with Gasteiger partial charge in [0, 0.05) is 31.7 Å². The molecule has 0 atom stereocenters. The van der Waals surface area contributed by atoms with Crippen molar-refractivity contribution >= 4 is 10.0 Å². The van der Waals surface area contributed by atoms with Crippen LogP contribution in [0.15, 0.2) is 24.3 Å². The summed E-state index contributed by atoms with van der Waals surface area (Å²) in [4.78, 5) is 0. The third-order valence-corrected chi connectivity index (χ3v) is 4.83. The van der Waals surface area contributed by atoms with Gasteiger partial charge in [0.05, 0.1) is 12.9 Å². The molecule has 1 fully saturated rings. The van der Waals surface area contributed by atoms with Crippen LogP contribution in [-0.2, 0) is 16.6 Å². The quantitative estimate of drug-likeness (QED) is 0.865. The molecule has 5 nitrogen and oxygen atoms in total. The van der Waals surface area contributed by atoms with Gasteiger partial charge in [-0.1, -0.05) is 18.2 Å². The molecule has 1 aromatic carbocycles. The fraction of sp³-hybridized carbons (Fsp3) is 0.500. The van der Waals surface area contributed by atoms with Gasteiger partial charge in [-0.2, -0.15) is 4.31 Å². The van der Waals surface area contributed by atoms with E-state index >= 15 is 0 Å². The fourth-order valence-corrected chi connectivity index (χ4v) is 3.36. The maximum absolute atomic E-state index is 12.1. The molecule has 6 heteroatoms. The van der Waals surface area contributed by atoms with Gasteiger partial charge < -0.3 is 10.1 Å². The number of nitrogens with zero attached hydrogens (tertiary/aromatic N) is 1. The van der Waals surface area contributed by atoms with Gasteiger partial charge in [-0.05, 0) is 6.07 Å². The summed E-state index contributed by atoms with van der Waals surface area (Å²) in [7, 11) is -1.57. The van der Waals surface area contributed by atoms with Crippen LogP contribution >= 0.6 is 0 Å². The molecule has 18 heavy (non-hydrogen) atoms. The standard InChI is InChI=1S/C12H18N2O3S/c1-17-12-5-3-2-4-11(12)10-14-8-6-13-7-9-18(14,15)16/h2-5,13H,6-10H2,1H3. The van der Waals surface area contributed by atoms with E-state index in [1.165, 1.54) is 4.31 Å². The predicted molar refractivity (Wildman–Crippen MR) is 70.1 cm³/mol.